The van der Waals surface area contributed by atoms with E-state index >= 15 is 13.2 Å². The fourth-order valence-corrected chi connectivity index (χ4v) is 11.4. The van der Waals surface area contributed by atoms with Crippen LogP contribution in [0.15, 0.2) is 218 Å². The summed E-state index contributed by atoms with van der Waals surface area (Å²) in [7, 11) is 0. The zero-order valence-corrected chi connectivity index (χ0v) is 37.2. The molecular weight excluding hydrogens is 872 g/mol. The quantitative estimate of drug-likeness (QED) is 0.170. The number of para-hydroxylation sites is 6. The molecule has 0 fully saturated rings. The minimum Gasteiger partial charge on any atom is -0.307 e. The molecule has 0 spiro atoms. The van der Waals surface area contributed by atoms with Gasteiger partial charge < -0.3 is 18.3 Å². The van der Waals surface area contributed by atoms with E-state index in [0.29, 0.717) is 22.5 Å². The maximum Gasteiger partial charge on any atom is 0.417 e. The van der Waals surface area contributed by atoms with Crippen molar-refractivity contribution in [2.75, 3.05) is 0 Å². The highest BCUT2D eigenvalue weighted by Crippen LogP contribution is 2.47. The lowest BCUT2D eigenvalue weighted by Crippen LogP contribution is -2.09. The molecule has 0 amide bonds. The van der Waals surface area contributed by atoms with Crippen molar-refractivity contribution in [1.29, 1.82) is 5.26 Å². The Bertz CT molecular complexity index is 4270. The molecule has 14 rings (SSSR count). The SMILES string of the molecule is N#Cc1c(-n2c3ccccc3c3ccc4c5ccccc5n(-c5ccccc5)c4c32)cc(-c2ccccc2C(F)(F)F)cc1-n1c2ccccc2c2ccc3c4ccccc4n(-c4ccccc4)c3c21. The van der Waals surface area contributed by atoms with Gasteiger partial charge in [-0.25, -0.2) is 0 Å². The van der Waals surface area contributed by atoms with Gasteiger partial charge in [0.25, 0.3) is 0 Å². The van der Waals surface area contributed by atoms with E-state index in [-0.39, 0.29) is 5.56 Å². The molecular formula is C62H36F3N5. The highest BCUT2D eigenvalue weighted by atomic mass is 19.4. The Balaban J connectivity index is 1.22. The van der Waals surface area contributed by atoms with E-state index in [1.807, 2.05) is 97.1 Å². The fourth-order valence-electron chi connectivity index (χ4n) is 11.4. The summed E-state index contributed by atoms with van der Waals surface area (Å²) in [5.41, 5.74) is 9.81. The summed E-state index contributed by atoms with van der Waals surface area (Å²) in [6.07, 6.45) is -4.67. The third-order valence-electron chi connectivity index (χ3n) is 14.2. The van der Waals surface area contributed by atoms with Crippen LogP contribution in [0.25, 0.3) is 121 Å². The van der Waals surface area contributed by atoms with E-state index in [2.05, 4.69) is 109 Å². The van der Waals surface area contributed by atoms with Crippen LogP contribution in [0.4, 0.5) is 13.2 Å². The second-order valence-electron chi connectivity index (χ2n) is 17.8. The Kier molecular flexibility index (Phi) is 8.44. The van der Waals surface area contributed by atoms with Crippen molar-refractivity contribution in [3.05, 3.63) is 230 Å². The molecule has 0 unspecified atom stereocenters. The third kappa shape index (κ3) is 5.54. The Morgan fingerprint density at radius 1 is 0.343 bits per heavy atom. The molecule has 4 heterocycles. The van der Waals surface area contributed by atoms with Gasteiger partial charge in [-0.05, 0) is 77.9 Å². The highest BCUT2D eigenvalue weighted by molar-refractivity contribution is 6.25. The van der Waals surface area contributed by atoms with Gasteiger partial charge in [-0.2, -0.15) is 18.4 Å². The van der Waals surface area contributed by atoms with Crippen LogP contribution in [0, 0.1) is 11.3 Å². The predicted molar refractivity (Wildman–Crippen MR) is 279 cm³/mol. The van der Waals surface area contributed by atoms with Crippen LogP contribution >= 0.6 is 0 Å². The number of benzene rings is 10. The van der Waals surface area contributed by atoms with Crippen molar-refractivity contribution >= 4 is 87.2 Å². The van der Waals surface area contributed by atoms with Crippen LogP contribution in [0.3, 0.4) is 0 Å². The van der Waals surface area contributed by atoms with Gasteiger partial charge in [0.2, 0.25) is 0 Å². The van der Waals surface area contributed by atoms with Crippen LogP contribution in [0.1, 0.15) is 11.1 Å². The van der Waals surface area contributed by atoms with E-state index in [9.17, 15) is 5.26 Å². The van der Waals surface area contributed by atoms with Crippen molar-refractivity contribution in [3.8, 4) is 39.9 Å². The summed E-state index contributed by atoms with van der Waals surface area (Å²) in [5.74, 6) is 0. The molecule has 0 aliphatic rings. The van der Waals surface area contributed by atoms with Crippen LogP contribution in [-0.2, 0) is 6.18 Å². The van der Waals surface area contributed by atoms with Gasteiger partial charge in [0.1, 0.15) is 11.6 Å². The molecule has 70 heavy (non-hydrogen) atoms. The molecule has 4 aromatic heterocycles. The van der Waals surface area contributed by atoms with E-state index in [0.717, 1.165) is 105 Å². The van der Waals surface area contributed by atoms with E-state index in [1.54, 1.807) is 18.2 Å². The molecule has 0 atom stereocenters. The summed E-state index contributed by atoms with van der Waals surface area (Å²) < 4.78 is 54.8. The monoisotopic (exact) mass is 907 g/mol. The van der Waals surface area contributed by atoms with Gasteiger partial charge in [-0.3, -0.25) is 0 Å². The Labute approximate surface area is 397 Å². The molecule has 14 aromatic rings. The lowest BCUT2D eigenvalue weighted by molar-refractivity contribution is -0.137. The van der Waals surface area contributed by atoms with Crippen LogP contribution in [0.2, 0.25) is 0 Å². The minimum absolute atomic E-state index is 0.00983. The Morgan fingerprint density at radius 2 is 0.671 bits per heavy atom. The zero-order chi connectivity index (χ0) is 46.8. The summed E-state index contributed by atoms with van der Waals surface area (Å²) in [4.78, 5) is 0. The van der Waals surface area contributed by atoms with Crippen molar-refractivity contribution in [1.82, 2.24) is 18.3 Å². The molecule has 0 saturated carbocycles. The normalized spacial score (nSPS) is 12.2. The summed E-state index contributed by atoms with van der Waals surface area (Å²) in [6, 6.07) is 73.9. The number of halogens is 3. The number of nitriles is 1. The van der Waals surface area contributed by atoms with E-state index in [1.165, 1.54) is 12.1 Å². The molecule has 0 N–H and O–H groups in total. The Hall–Kier alpha value is -9.32. The average molecular weight is 908 g/mol. The van der Waals surface area contributed by atoms with Crippen molar-refractivity contribution in [2.24, 2.45) is 0 Å². The number of aromatic nitrogens is 4. The minimum atomic E-state index is -4.67. The van der Waals surface area contributed by atoms with Gasteiger partial charge in [0.05, 0.1) is 61.1 Å². The average Bonchev–Trinajstić information content (AvgIpc) is 4.14. The molecule has 0 saturated heterocycles. The standard InChI is InChI=1S/C62H36F3N5/c63-62(64,65)51-26-12-7-21-41(51)38-35-56(69-54-29-15-10-24-44(54)48-33-31-46-42-22-8-13-27-52(42)67(58(46)60(48)69)39-17-3-1-4-18-39)50(37-66)57(36-38)70-55-30-16-11-25-45(55)49-34-32-47-43-23-9-14-28-53(43)68(59(47)61(49)70)40-19-5-2-6-20-40/h1-36H. The molecule has 0 radical (unpaired) electrons. The van der Waals surface area contributed by atoms with Gasteiger partial charge in [-0.1, -0.05) is 152 Å². The van der Waals surface area contributed by atoms with Gasteiger partial charge in [-0.15, -0.1) is 0 Å². The second-order valence-corrected chi connectivity index (χ2v) is 17.8. The van der Waals surface area contributed by atoms with E-state index < -0.39 is 11.7 Å². The van der Waals surface area contributed by atoms with Gasteiger partial charge in [0.15, 0.2) is 0 Å². The number of alkyl halides is 3. The highest BCUT2D eigenvalue weighted by Gasteiger charge is 2.34. The summed E-state index contributed by atoms with van der Waals surface area (Å²) in [5, 5.41) is 19.9. The molecule has 330 valence electrons. The maximum absolute atomic E-state index is 15.4. The smallest absolute Gasteiger partial charge is 0.307 e. The topological polar surface area (TPSA) is 43.5 Å². The lowest BCUT2D eigenvalue weighted by Gasteiger charge is -2.21. The van der Waals surface area contributed by atoms with Gasteiger partial charge >= 0.3 is 6.18 Å². The first-order chi connectivity index (χ1) is 34.4. The predicted octanol–water partition coefficient (Wildman–Crippen LogP) is 16.6. The third-order valence-corrected chi connectivity index (χ3v) is 14.2. The molecule has 0 bridgehead atoms. The fraction of sp³-hybridized carbons (Fsp3) is 0.0161. The first-order valence-corrected chi connectivity index (χ1v) is 23.2. The number of hydrogen-bond donors (Lipinski definition) is 0. The Morgan fingerprint density at radius 3 is 1.06 bits per heavy atom. The number of rotatable bonds is 5. The maximum atomic E-state index is 15.4. The van der Waals surface area contributed by atoms with E-state index in [4.69, 9.17) is 0 Å². The second kappa shape index (κ2) is 14.8. The van der Waals surface area contributed by atoms with Crippen LogP contribution < -0.4 is 0 Å². The number of hydrogen-bond acceptors (Lipinski definition) is 1. The van der Waals surface area contributed by atoms with Gasteiger partial charge in [0, 0.05) is 54.5 Å². The van der Waals surface area contributed by atoms with Crippen molar-refractivity contribution in [3.63, 3.8) is 0 Å². The summed E-state index contributed by atoms with van der Waals surface area (Å²) in [6.45, 7) is 0. The van der Waals surface area contributed by atoms with Crippen molar-refractivity contribution in [2.45, 2.75) is 6.18 Å². The summed E-state index contributed by atoms with van der Waals surface area (Å²) >= 11 is 0. The lowest BCUT2D eigenvalue weighted by atomic mass is 9.96. The molecule has 0 aliphatic heterocycles. The zero-order valence-electron chi connectivity index (χ0n) is 37.2. The first-order valence-electron chi connectivity index (χ1n) is 23.2. The molecule has 0 aliphatic carbocycles. The van der Waals surface area contributed by atoms with Crippen LogP contribution in [0.5, 0.6) is 0 Å². The first kappa shape index (κ1) is 39.8. The molecule has 8 heteroatoms. The van der Waals surface area contributed by atoms with Crippen LogP contribution in [-0.4, -0.2) is 18.3 Å². The molecule has 5 nitrogen and oxygen atoms in total. The van der Waals surface area contributed by atoms with Crippen molar-refractivity contribution < 1.29 is 13.2 Å². The number of fused-ring (bicyclic) bond motifs is 14. The largest absolute Gasteiger partial charge is 0.417 e. The number of nitrogens with zero attached hydrogens (tertiary/aromatic N) is 5. The molecule has 10 aromatic carbocycles.